The summed E-state index contributed by atoms with van der Waals surface area (Å²) in [5, 5.41) is 13.1. The van der Waals surface area contributed by atoms with Crippen molar-refractivity contribution in [1.29, 1.82) is 0 Å². The SMILES string of the molecule is COc1ccc(C(=O)Nc2cccc(C(=O)Nc3nnc(-c4ccccc4)o3)c2)cc1. The van der Waals surface area contributed by atoms with Gasteiger partial charge in [-0.2, -0.15) is 0 Å². The number of carbonyl (C=O) groups is 2. The standard InChI is InChI=1S/C23H18N4O4/c1-30-19-12-10-15(11-13-19)20(28)24-18-9-5-8-17(14-18)21(29)25-23-27-26-22(31-23)16-6-3-2-4-7-16/h2-14H,1H3,(H,24,28)(H,25,27,29). The number of nitrogens with zero attached hydrogens (tertiary/aromatic N) is 2. The van der Waals surface area contributed by atoms with Crippen LogP contribution in [0.3, 0.4) is 0 Å². The first-order valence-corrected chi connectivity index (χ1v) is 9.38. The number of rotatable bonds is 6. The summed E-state index contributed by atoms with van der Waals surface area (Å²) in [5.41, 5.74) is 2.02. The summed E-state index contributed by atoms with van der Waals surface area (Å²) in [7, 11) is 1.56. The van der Waals surface area contributed by atoms with Crippen molar-refractivity contribution in [3.8, 4) is 17.2 Å². The van der Waals surface area contributed by atoms with Gasteiger partial charge < -0.3 is 14.5 Å². The molecule has 154 valence electrons. The first-order valence-electron chi connectivity index (χ1n) is 9.38. The van der Waals surface area contributed by atoms with E-state index in [1.165, 1.54) is 0 Å². The van der Waals surface area contributed by atoms with Gasteiger partial charge in [-0.25, -0.2) is 0 Å². The molecular formula is C23H18N4O4. The highest BCUT2D eigenvalue weighted by molar-refractivity contribution is 6.06. The molecule has 2 amide bonds. The maximum Gasteiger partial charge on any atom is 0.322 e. The van der Waals surface area contributed by atoms with Gasteiger partial charge in [0.2, 0.25) is 5.89 Å². The summed E-state index contributed by atoms with van der Waals surface area (Å²) in [6, 6.07) is 22.5. The molecule has 1 aromatic heterocycles. The Morgan fingerprint density at radius 2 is 1.55 bits per heavy atom. The fourth-order valence-electron chi connectivity index (χ4n) is 2.82. The van der Waals surface area contributed by atoms with Crippen LogP contribution in [0, 0.1) is 0 Å². The summed E-state index contributed by atoms with van der Waals surface area (Å²) in [6.45, 7) is 0. The molecule has 0 fully saturated rings. The van der Waals surface area contributed by atoms with E-state index in [0.717, 1.165) is 5.56 Å². The number of amides is 2. The number of aromatic nitrogens is 2. The van der Waals surface area contributed by atoms with E-state index in [1.54, 1.807) is 55.6 Å². The molecule has 31 heavy (non-hydrogen) atoms. The first-order chi connectivity index (χ1) is 15.1. The van der Waals surface area contributed by atoms with Crippen molar-refractivity contribution in [2.45, 2.75) is 0 Å². The summed E-state index contributed by atoms with van der Waals surface area (Å²) >= 11 is 0. The van der Waals surface area contributed by atoms with Crippen molar-refractivity contribution in [3.63, 3.8) is 0 Å². The molecule has 3 aromatic carbocycles. The Bertz CT molecular complexity index is 1200. The molecule has 0 unspecified atom stereocenters. The zero-order valence-corrected chi connectivity index (χ0v) is 16.5. The quantitative estimate of drug-likeness (QED) is 0.489. The number of hydrogen-bond donors (Lipinski definition) is 2. The largest absolute Gasteiger partial charge is 0.497 e. The van der Waals surface area contributed by atoms with Gasteiger partial charge in [0.25, 0.3) is 11.8 Å². The molecule has 8 nitrogen and oxygen atoms in total. The minimum absolute atomic E-state index is 0.0171. The van der Waals surface area contributed by atoms with Crippen LogP contribution in [-0.4, -0.2) is 29.1 Å². The highest BCUT2D eigenvalue weighted by Gasteiger charge is 2.14. The molecule has 8 heteroatoms. The molecule has 0 aliphatic carbocycles. The average Bonchev–Trinajstić information content (AvgIpc) is 3.28. The molecule has 0 atom stereocenters. The van der Waals surface area contributed by atoms with E-state index in [2.05, 4.69) is 20.8 Å². The maximum absolute atomic E-state index is 12.6. The number of ether oxygens (including phenoxy) is 1. The minimum atomic E-state index is -0.441. The lowest BCUT2D eigenvalue weighted by atomic mass is 10.1. The van der Waals surface area contributed by atoms with Crippen LogP contribution in [0.25, 0.3) is 11.5 Å². The molecular weight excluding hydrogens is 396 g/mol. The van der Waals surface area contributed by atoms with Crippen molar-refractivity contribution >= 4 is 23.5 Å². The Kier molecular flexibility index (Phi) is 5.70. The summed E-state index contributed by atoms with van der Waals surface area (Å²) in [6.07, 6.45) is 0. The van der Waals surface area contributed by atoms with Gasteiger partial charge >= 0.3 is 6.01 Å². The fourth-order valence-corrected chi connectivity index (χ4v) is 2.82. The van der Waals surface area contributed by atoms with Gasteiger partial charge in [-0.1, -0.05) is 29.4 Å². The van der Waals surface area contributed by atoms with Crippen LogP contribution in [0.1, 0.15) is 20.7 Å². The Balaban J connectivity index is 1.43. The van der Waals surface area contributed by atoms with E-state index in [9.17, 15) is 9.59 Å². The number of nitrogens with one attached hydrogen (secondary N) is 2. The lowest BCUT2D eigenvalue weighted by Gasteiger charge is -2.08. The second-order valence-electron chi connectivity index (χ2n) is 6.50. The Morgan fingerprint density at radius 3 is 2.29 bits per heavy atom. The number of anilines is 2. The van der Waals surface area contributed by atoms with Crippen LogP contribution in [0.5, 0.6) is 5.75 Å². The van der Waals surface area contributed by atoms with E-state index in [0.29, 0.717) is 28.5 Å². The number of carbonyl (C=O) groups excluding carboxylic acids is 2. The molecule has 1 heterocycles. The number of methoxy groups -OCH3 is 1. The third-order valence-electron chi connectivity index (χ3n) is 4.40. The topological polar surface area (TPSA) is 106 Å². The van der Waals surface area contributed by atoms with Crippen molar-refractivity contribution in [2.24, 2.45) is 0 Å². The first kappa shape index (κ1) is 19.8. The summed E-state index contributed by atoms with van der Waals surface area (Å²) in [5.74, 6) is 0.219. The van der Waals surface area contributed by atoms with Crippen LogP contribution in [-0.2, 0) is 0 Å². The number of benzene rings is 3. The van der Waals surface area contributed by atoms with E-state index < -0.39 is 5.91 Å². The van der Waals surface area contributed by atoms with Gasteiger partial charge in [-0.3, -0.25) is 14.9 Å². The van der Waals surface area contributed by atoms with Gasteiger partial charge in [0.1, 0.15) is 5.75 Å². The third kappa shape index (κ3) is 4.76. The lowest BCUT2D eigenvalue weighted by Crippen LogP contribution is -2.14. The molecule has 0 radical (unpaired) electrons. The van der Waals surface area contributed by atoms with Crippen LogP contribution < -0.4 is 15.4 Å². The van der Waals surface area contributed by atoms with Crippen molar-refractivity contribution < 1.29 is 18.7 Å². The van der Waals surface area contributed by atoms with Gasteiger partial charge in [-0.05, 0) is 54.6 Å². The fraction of sp³-hybridized carbons (Fsp3) is 0.0435. The predicted octanol–water partition coefficient (Wildman–Crippen LogP) is 4.25. The molecule has 4 rings (SSSR count). The molecule has 0 saturated heterocycles. The maximum atomic E-state index is 12.6. The Hall–Kier alpha value is -4.46. The normalized spacial score (nSPS) is 10.4. The predicted molar refractivity (Wildman–Crippen MR) is 115 cm³/mol. The van der Waals surface area contributed by atoms with Gasteiger partial charge in [0.15, 0.2) is 0 Å². The van der Waals surface area contributed by atoms with Crippen LogP contribution in [0.4, 0.5) is 11.7 Å². The second-order valence-corrected chi connectivity index (χ2v) is 6.50. The zero-order valence-electron chi connectivity index (χ0n) is 16.5. The van der Waals surface area contributed by atoms with Crippen LogP contribution >= 0.6 is 0 Å². The van der Waals surface area contributed by atoms with E-state index in [1.807, 2.05) is 30.3 Å². The smallest absolute Gasteiger partial charge is 0.322 e. The van der Waals surface area contributed by atoms with Crippen molar-refractivity contribution in [3.05, 3.63) is 90.0 Å². The van der Waals surface area contributed by atoms with E-state index in [4.69, 9.17) is 9.15 Å². The molecule has 0 bridgehead atoms. The molecule has 4 aromatic rings. The third-order valence-corrected chi connectivity index (χ3v) is 4.40. The Labute approximate surface area is 177 Å². The monoisotopic (exact) mass is 414 g/mol. The Morgan fingerprint density at radius 1 is 0.806 bits per heavy atom. The zero-order chi connectivity index (χ0) is 21.6. The lowest BCUT2D eigenvalue weighted by molar-refractivity contribution is 0.101. The minimum Gasteiger partial charge on any atom is -0.497 e. The molecule has 0 saturated carbocycles. The molecule has 0 aliphatic heterocycles. The van der Waals surface area contributed by atoms with E-state index >= 15 is 0 Å². The van der Waals surface area contributed by atoms with Gasteiger partial charge in [0.05, 0.1) is 7.11 Å². The molecule has 2 N–H and O–H groups in total. The van der Waals surface area contributed by atoms with E-state index in [-0.39, 0.29) is 11.9 Å². The second kappa shape index (κ2) is 8.91. The van der Waals surface area contributed by atoms with Crippen molar-refractivity contribution in [1.82, 2.24) is 10.2 Å². The van der Waals surface area contributed by atoms with Crippen LogP contribution in [0.2, 0.25) is 0 Å². The number of hydrogen-bond acceptors (Lipinski definition) is 6. The molecule has 0 aliphatic rings. The van der Waals surface area contributed by atoms with Crippen LogP contribution in [0.15, 0.2) is 83.3 Å². The molecule has 0 spiro atoms. The highest BCUT2D eigenvalue weighted by Crippen LogP contribution is 2.20. The highest BCUT2D eigenvalue weighted by atomic mass is 16.5. The average molecular weight is 414 g/mol. The summed E-state index contributed by atoms with van der Waals surface area (Å²) in [4.78, 5) is 25.0. The van der Waals surface area contributed by atoms with Gasteiger partial charge in [0, 0.05) is 22.4 Å². The van der Waals surface area contributed by atoms with Crippen molar-refractivity contribution in [2.75, 3.05) is 17.7 Å². The van der Waals surface area contributed by atoms with Gasteiger partial charge in [-0.15, -0.1) is 5.10 Å². The summed E-state index contributed by atoms with van der Waals surface area (Å²) < 4.78 is 10.6.